The topological polar surface area (TPSA) is 54.9 Å². The van der Waals surface area contributed by atoms with Crippen LogP contribution in [0, 0.1) is 0 Å². The average molecular weight is 325 g/mol. The van der Waals surface area contributed by atoms with Crippen LogP contribution in [0.3, 0.4) is 0 Å². The van der Waals surface area contributed by atoms with E-state index < -0.39 is 0 Å². The molecule has 0 unspecified atom stereocenters. The van der Waals surface area contributed by atoms with Gasteiger partial charge in [0.25, 0.3) is 5.91 Å². The van der Waals surface area contributed by atoms with Crippen molar-refractivity contribution in [1.29, 1.82) is 0 Å². The molecule has 0 radical (unpaired) electrons. The summed E-state index contributed by atoms with van der Waals surface area (Å²) >= 11 is 0. The highest BCUT2D eigenvalue weighted by Crippen LogP contribution is 2.20. The van der Waals surface area contributed by atoms with Gasteiger partial charge in [0.05, 0.1) is 5.52 Å². The Balaban J connectivity index is 1.54. The van der Waals surface area contributed by atoms with Crippen molar-refractivity contribution >= 4 is 22.5 Å². The molecule has 2 aromatic heterocycles. The number of nitrogens with one attached hydrogen (secondary N) is 1. The molecule has 120 valence electrons. The van der Waals surface area contributed by atoms with Crippen LogP contribution in [0.25, 0.3) is 22.0 Å². The molecule has 4 aromatic rings. The third kappa shape index (κ3) is 3.23. The first-order valence-electron chi connectivity index (χ1n) is 7.96. The van der Waals surface area contributed by atoms with Crippen molar-refractivity contribution in [2.75, 3.05) is 5.32 Å². The van der Waals surface area contributed by atoms with Gasteiger partial charge in [0.15, 0.2) is 0 Å². The fraction of sp³-hybridized carbons (Fsp3) is 0. The molecule has 2 aromatic carbocycles. The predicted molar refractivity (Wildman–Crippen MR) is 99.4 cm³/mol. The van der Waals surface area contributed by atoms with Gasteiger partial charge in [-0.1, -0.05) is 30.3 Å². The van der Waals surface area contributed by atoms with E-state index in [1.807, 2.05) is 66.7 Å². The Morgan fingerprint density at radius 2 is 1.68 bits per heavy atom. The molecule has 0 atom stereocenters. The molecule has 1 amide bonds. The highest BCUT2D eigenvalue weighted by molar-refractivity contribution is 6.05. The highest BCUT2D eigenvalue weighted by atomic mass is 16.1. The first-order valence-corrected chi connectivity index (χ1v) is 7.96. The maximum atomic E-state index is 12.5. The van der Waals surface area contributed by atoms with Crippen molar-refractivity contribution in [2.45, 2.75) is 0 Å². The fourth-order valence-corrected chi connectivity index (χ4v) is 2.70. The lowest BCUT2D eigenvalue weighted by Crippen LogP contribution is -2.11. The third-order valence-electron chi connectivity index (χ3n) is 4.01. The lowest BCUT2D eigenvalue weighted by molar-refractivity contribution is 0.102. The number of pyridine rings is 2. The summed E-state index contributed by atoms with van der Waals surface area (Å²) in [5.41, 5.74) is 4.24. The summed E-state index contributed by atoms with van der Waals surface area (Å²) in [5.74, 6) is -0.145. The molecule has 1 N–H and O–H groups in total. The molecular weight excluding hydrogens is 310 g/mol. The molecular formula is C21H15N3O. The number of fused-ring (bicyclic) bond motifs is 1. The van der Waals surface area contributed by atoms with Crippen LogP contribution in [0.4, 0.5) is 5.69 Å². The van der Waals surface area contributed by atoms with Crippen molar-refractivity contribution in [3.63, 3.8) is 0 Å². The minimum absolute atomic E-state index is 0.145. The molecule has 0 bridgehead atoms. The van der Waals surface area contributed by atoms with Gasteiger partial charge < -0.3 is 5.32 Å². The normalized spacial score (nSPS) is 10.6. The Labute approximate surface area is 145 Å². The molecule has 4 heteroatoms. The number of rotatable bonds is 3. The van der Waals surface area contributed by atoms with Gasteiger partial charge >= 0.3 is 0 Å². The van der Waals surface area contributed by atoms with Gasteiger partial charge in [-0.05, 0) is 47.5 Å². The van der Waals surface area contributed by atoms with Gasteiger partial charge in [-0.2, -0.15) is 0 Å². The zero-order valence-corrected chi connectivity index (χ0v) is 13.4. The van der Waals surface area contributed by atoms with Crippen molar-refractivity contribution in [3.05, 3.63) is 90.9 Å². The van der Waals surface area contributed by atoms with Crippen LogP contribution in [0.15, 0.2) is 85.3 Å². The number of aromatic nitrogens is 2. The van der Waals surface area contributed by atoms with Gasteiger partial charge in [0, 0.05) is 35.2 Å². The second kappa shape index (κ2) is 6.53. The van der Waals surface area contributed by atoms with Crippen LogP contribution in [0.1, 0.15) is 10.4 Å². The Morgan fingerprint density at radius 3 is 2.48 bits per heavy atom. The monoisotopic (exact) mass is 325 g/mol. The van der Waals surface area contributed by atoms with E-state index in [1.54, 1.807) is 18.6 Å². The predicted octanol–water partition coefficient (Wildman–Crippen LogP) is 4.55. The van der Waals surface area contributed by atoms with E-state index in [2.05, 4.69) is 15.3 Å². The SMILES string of the molecule is O=C(Nc1ccc2cccnc2c1)c1ccc(-c2cccnc2)cc1. The van der Waals surface area contributed by atoms with Crippen LogP contribution in [-0.2, 0) is 0 Å². The number of nitrogens with zero attached hydrogens (tertiary/aromatic N) is 2. The van der Waals surface area contributed by atoms with Gasteiger partial charge in [0.1, 0.15) is 0 Å². The van der Waals surface area contributed by atoms with Gasteiger partial charge in [0.2, 0.25) is 0 Å². The minimum atomic E-state index is -0.145. The third-order valence-corrected chi connectivity index (χ3v) is 4.01. The van der Waals surface area contributed by atoms with Crippen molar-refractivity contribution in [1.82, 2.24) is 9.97 Å². The molecule has 0 fully saturated rings. The number of carbonyl (C=O) groups is 1. The summed E-state index contributed by atoms with van der Waals surface area (Å²) in [6.07, 6.45) is 5.28. The fourth-order valence-electron chi connectivity index (χ4n) is 2.70. The number of carbonyl (C=O) groups excluding carboxylic acids is 1. The molecule has 0 aliphatic rings. The minimum Gasteiger partial charge on any atom is -0.322 e. The van der Waals surface area contributed by atoms with E-state index in [0.29, 0.717) is 5.56 Å². The second-order valence-electron chi connectivity index (χ2n) is 5.68. The van der Waals surface area contributed by atoms with Crippen molar-refractivity contribution in [2.24, 2.45) is 0 Å². The smallest absolute Gasteiger partial charge is 0.255 e. The average Bonchev–Trinajstić information content (AvgIpc) is 2.69. The maximum Gasteiger partial charge on any atom is 0.255 e. The van der Waals surface area contributed by atoms with Crippen molar-refractivity contribution in [3.8, 4) is 11.1 Å². The lowest BCUT2D eigenvalue weighted by Gasteiger charge is -2.07. The Morgan fingerprint density at radius 1 is 0.840 bits per heavy atom. The number of anilines is 1. The number of benzene rings is 2. The molecule has 0 aliphatic heterocycles. The van der Waals surface area contributed by atoms with Gasteiger partial charge in [-0.25, -0.2) is 0 Å². The first kappa shape index (κ1) is 15.0. The van der Waals surface area contributed by atoms with E-state index in [9.17, 15) is 4.79 Å². The summed E-state index contributed by atoms with van der Waals surface area (Å²) in [7, 11) is 0. The zero-order valence-electron chi connectivity index (χ0n) is 13.4. The van der Waals surface area contributed by atoms with Crippen LogP contribution in [-0.4, -0.2) is 15.9 Å². The molecule has 2 heterocycles. The molecule has 25 heavy (non-hydrogen) atoms. The maximum absolute atomic E-state index is 12.5. The standard InChI is InChI=1S/C21H15N3O/c25-21(24-19-10-9-16-3-2-12-23-20(16)13-19)17-7-5-15(6-8-17)18-4-1-11-22-14-18/h1-14H,(H,24,25). The highest BCUT2D eigenvalue weighted by Gasteiger charge is 2.07. The first-order chi connectivity index (χ1) is 12.3. The molecule has 0 aliphatic carbocycles. The molecule has 0 saturated heterocycles. The lowest BCUT2D eigenvalue weighted by atomic mass is 10.1. The van der Waals surface area contributed by atoms with E-state index in [-0.39, 0.29) is 5.91 Å². The van der Waals surface area contributed by atoms with E-state index in [0.717, 1.165) is 27.7 Å². The van der Waals surface area contributed by atoms with E-state index >= 15 is 0 Å². The quantitative estimate of drug-likeness (QED) is 0.601. The molecule has 4 nitrogen and oxygen atoms in total. The summed E-state index contributed by atoms with van der Waals surface area (Å²) in [6.45, 7) is 0. The van der Waals surface area contributed by atoms with Crippen LogP contribution < -0.4 is 5.32 Å². The van der Waals surface area contributed by atoms with Crippen LogP contribution in [0.2, 0.25) is 0 Å². The molecule has 4 rings (SSSR count). The Kier molecular flexibility index (Phi) is 3.92. The molecule has 0 spiro atoms. The van der Waals surface area contributed by atoms with E-state index in [1.165, 1.54) is 0 Å². The van der Waals surface area contributed by atoms with Crippen LogP contribution >= 0.6 is 0 Å². The summed E-state index contributed by atoms with van der Waals surface area (Å²) in [6, 6.07) is 21.0. The number of hydrogen-bond acceptors (Lipinski definition) is 3. The summed E-state index contributed by atoms with van der Waals surface area (Å²) in [4.78, 5) is 20.9. The van der Waals surface area contributed by atoms with E-state index in [4.69, 9.17) is 0 Å². The summed E-state index contributed by atoms with van der Waals surface area (Å²) < 4.78 is 0. The Hall–Kier alpha value is -3.53. The summed E-state index contributed by atoms with van der Waals surface area (Å²) in [5, 5.41) is 3.96. The largest absolute Gasteiger partial charge is 0.322 e. The second-order valence-corrected chi connectivity index (χ2v) is 5.68. The van der Waals surface area contributed by atoms with Gasteiger partial charge in [-0.15, -0.1) is 0 Å². The van der Waals surface area contributed by atoms with Crippen molar-refractivity contribution < 1.29 is 4.79 Å². The Bertz CT molecular complexity index is 1030. The zero-order chi connectivity index (χ0) is 17.1. The van der Waals surface area contributed by atoms with Gasteiger partial charge in [-0.3, -0.25) is 14.8 Å². The molecule has 0 saturated carbocycles. The number of amides is 1. The number of hydrogen-bond donors (Lipinski definition) is 1. The van der Waals surface area contributed by atoms with Crippen LogP contribution in [0.5, 0.6) is 0 Å².